The van der Waals surface area contributed by atoms with E-state index in [1.807, 2.05) is 5.38 Å². The molecule has 1 amide bonds. The van der Waals surface area contributed by atoms with Crippen LogP contribution < -0.4 is 10.6 Å². The molecule has 5 heteroatoms. The number of aromatic nitrogens is 1. The number of hydrogen-bond donors (Lipinski definition) is 1. The van der Waals surface area contributed by atoms with Gasteiger partial charge in [0.2, 0.25) is 5.91 Å². The molecule has 1 fully saturated rings. The monoisotopic (exact) mass is 197 g/mol. The van der Waals surface area contributed by atoms with Crippen molar-refractivity contribution in [1.82, 2.24) is 4.98 Å². The largest absolute Gasteiger partial charge is 0.317 e. The SMILES string of the molecule is CN(C(=O)C1(N)CC1)c1nccs1. The molecule has 2 N–H and O–H groups in total. The molecule has 0 spiro atoms. The Morgan fingerprint density at radius 1 is 1.77 bits per heavy atom. The van der Waals surface area contributed by atoms with E-state index < -0.39 is 5.54 Å². The first-order valence-corrected chi connectivity index (χ1v) is 4.98. The Balaban J connectivity index is 2.14. The van der Waals surface area contributed by atoms with Crippen LogP contribution in [0.3, 0.4) is 0 Å². The number of rotatable bonds is 2. The number of likely N-dealkylation sites (N-methyl/N-ethyl adjacent to an activating group) is 1. The summed E-state index contributed by atoms with van der Waals surface area (Å²) in [5, 5.41) is 2.55. The van der Waals surface area contributed by atoms with E-state index in [0.717, 1.165) is 12.8 Å². The minimum Gasteiger partial charge on any atom is -0.317 e. The Bertz CT molecular complexity index is 318. The molecule has 0 saturated heterocycles. The van der Waals surface area contributed by atoms with Gasteiger partial charge in [-0.05, 0) is 12.8 Å². The Kier molecular flexibility index (Phi) is 1.85. The fourth-order valence-corrected chi connectivity index (χ4v) is 1.76. The van der Waals surface area contributed by atoms with Crippen LogP contribution in [0.15, 0.2) is 11.6 Å². The molecule has 0 unspecified atom stereocenters. The van der Waals surface area contributed by atoms with E-state index >= 15 is 0 Å². The summed E-state index contributed by atoms with van der Waals surface area (Å²) in [5.41, 5.74) is 5.19. The molecule has 1 heterocycles. The molecule has 0 aromatic carbocycles. The van der Waals surface area contributed by atoms with Crippen molar-refractivity contribution in [3.05, 3.63) is 11.6 Å². The standard InChI is InChI=1S/C8H11N3OS/c1-11(7-10-4-5-13-7)6(12)8(9)2-3-8/h4-5H,2-3,9H2,1H3. The Morgan fingerprint density at radius 2 is 2.46 bits per heavy atom. The van der Waals surface area contributed by atoms with Gasteiger partial charge in [-0.15, -0.1) is 11.3 Å². The van der Waals surface area contributed by atoms with Gasteiger partial charge >= 0.3 is 0 Å². The first-order valence-electron chi connectivity index (χ1n) is 4.10. The quantitative estimate of drug-likeness (QED) is 0.755. The zero-order valence-corrected chi connectivity index (χ0v) is 8.17. The highest BCUT2D eigenvalue weighted by Crippen LogP contribution is 2.35. The Labute approximate surface area is 80.4 Å². The fraction of sp³-hybridized carbons (Fsp3) is 0.500. The lowest BCUT2D eigenvalue weighted by Gasteiger charge is -2.17. The van der Waals surface area contributed by atoms with Gasteiger partial charge in [0.05, 0.1) is 5.54 Å². The maximum Gasteiger partial charge on any atom is 0.248 e. The molecule has 1 saturated carbocycles. The van der Waals surface area contributed by atoms with Crippen LogP contribution >= 0.6 is 11.3 Å². The average molecular weight is 197 g/mol. The molecule has 70 valence electrons. The van der Waals surface area contributed by atoms with Gasteiger partial charge in [-0.2, -0.15) is 0 Å². The molecule has 0 bridgehead atoms. The summed E-state index contributed by atoms with van der Waals surface area (Å²) in [5.74, 6) is -0.0255. The Morgan fingerprint density at radius 3 is 2.92 bits per heavy atom. The zero-order valence-electron chi connectivity index (χ0n) is 7.36. The van der Waals surface area contributed by atoms with E-state index in [4.69, 9.17) is 5.73 Å². The number of amides is 1. The van der Waals surface area contributed by atoms with Crippen LogP contribution in [0.25, 0.3) is 0 Å². The number of carbonyl (C=O) groups excluding carboxylic acids is 1. The average Bonchev–Trinajstić information content (AvgIpc) is 2.71. The number of nitrogens with zero attached hydrogens (tertiary/aromatic N) is 2. The normalized spacial score (nSPS) is 18.3. The van der Waals surface area contributed by atoms with Crippen LogP contribution in [-0.2, 0) is 4.79 Å². The summed E-state index contributed by atoms with van der Waals surface area (Å²) in [6, 6.07) is 0. The predicted octanol–water partition coefficient (Wildman–Crippen LogP) is 0.597. The van der Waals surface area contributed by atoms with Crippen molar-refractivity contribution in [1.29, 1.82) is 0 Å². The second-order valence-corrected chi connectivity index (χ2v) is 4.21. The van der Waals surface area contributed by atoms with Gasteiger partial charge in [-0.25, -0.2) is 4.98 Å². The highest BCUT2D eigenvalue weighted by Gasteiger charge is 2.48. The molecule has 1 aliphatic carbocycles. The fourth-order valence-electron chi connectivity index (χ4n) is 1.15. The van der Waals surface area contributed by atoms with Crippen LogP contribution in [0.1, 0.15) is 12.8 Å². The maximum absolute atomic E-state index is 11.7. The van der Waals surface area contributed by atoms with Gasteiger partial charge in [-0.1, -0.05) is 0 Å². The van der Waals surface area contributed by atoms with Gasteiger partial charge < -0.3 is 5.73 Å². The summed E-state index contributed by atoms with van der Waals surface area (Å²) < 4.78 is 0. The molecule has 2 rings (SSSR count). The van der Waals surface area contributed by atoms with Crippen molar-refractivity contribution in [2.45, 2.75) is 18.4 Å². The van der Waals surface area contributed by atoms with E-state index in [9.17, 15) is 4.79 Å². The third kappa shape index (κ3) is 1.45. The summed E-state index contributed by atoms with van der Waals surface area (Å²) in [4.78, 5) is 17.3. The number of nitrogens with two attached hydrogens (primary N) is 1. The third-order valence-corrected chi connectivity index (χ3v) is 3.07. The minimum absolute atomic E-state index is 0.0255. The lowest BCUT2D eigenvalue weighted by molar-refractivity contribution is -0.120. The van der Waals surface area contributed by atoms with Gasteiger partial charge in [0.1, 0.15) is 0 Å². The molecule has 0 radical (unpaired) electrons. The summed E-state index contributed by atoms with van der Waals surface area (Å²) in [6.07, 6.45) is 3.27. The van der Waals surface area contributed by atoms with Gasteiger partial charge in [0, 0.05) is 18.6 Å². The predicted molar refractivity (Wildman–Crippen MR) is 51.7 cm³/mol. The van der Waals surface area contributed by atoms with E-state index in [2.05, 4.69) is 4.98 Å². The number of anilines is 1. The molecule has 0 aliphatic heterocycles. The number of carbonyl (C=O) groups is 1. The van der Waals surface area contributed by atoms with E-state index in [1.165, 1.54) is 16.2 Å². The van der Waals surface area contributed by atoms with E-state index in [0.29, 0.717) is 5.13 Å². The van der Waals surface area contributed by atoms with Crippen LogP contribution in [-0.4, -0.2) is 23.5 Å². The second-order valence-electron chi connectivity index (χ2n) is 3.33. The smallest absolute Gasteiger partial charge is 0.248 e. The molecule has 13 heavy (non-hydrogen) atoms. The van der Waals surface area contributed by atoms with Crippen LogP contribution in [0.2, 0.25) is 0 Å². The van der Waals surface area contributed by atoms with Crippen molar-refractivity contribution in [2.24, 2.45) is 5.73 Å². The molecule has 1 aliphatic rings. The maximum atomic E-state index is 11.7. The molecule has 0 atom stereocenters. The van der Waals surface area contributed by atoms with Gasteiger partial charge in [0.15, 0.2) is 5.13 Å². The van der Waals surface area contributed by atoms with Crippen LogP contribution in [0, 0.1) is 0 Å². The van der Waals surface area contributed by atoms with E-state index in [-0.39, 0.29) is 5.91 Å². The summed E-state index contributed by atoms with van der Waals surface area (Å²) in [6.45, 7) is 0. The molecular formula is C8H11N3OS. The number of hydrogen-bond acceptors (Lipinski definition) is 4. The van der Waals surface area contributed by atoms with Crippen molar-refractivity contribution in [3.8, 4) is 0 Å². The third-order valence-electron chi connectivity index (χ3n) is 2.23. The molecule has 4 nitrogen and oxygen atoms in total. The molecule has 1 aromatic heterocycles. The Hall–Kier alpha value is -0.940. The second kappa shape index (κ2) is 2.78. The van der Waals surface area contributed by atoms with Gasteiger partial charge in [-0.3, -0.25) is 9.69 Å². The van der Waals surface area contributed by atoms with Crippen molar-refractivity contribution in [3.63, 3.8) is 0 Å². The molecular weight excluding hydrogens is 186 g/mol. The summed E-state index contributed by atoms with van der Waals surface area (Å²) in [7, 11) is 1.72. The lowest BCUT2D eigenvalue weighted by atomic mass is 10.2. The minimum atomic E-state index is -0.597. The van der Waals surface area contributed by atoms with Crippen molar-refractivity contribution in [2.75, 3.05) is 11.9 Å². The topological polar surface area (TPSA) is 59.2 Å². The van der Waals surface area contributed by atoms with Gasteiger partial charge in [0.25, 0.3) is 0 Å². The highest BCUT2D eigenvalue weighted by molar-refractivity contribution is 7.13. The van der Waals surface area contributed by atoms with Crippen molar-refractivity contribution < 1.29 is 4.79 Å². The zero-order chi connectivity index (χ0) is 9.47. The van der Waals surface area contributed by atoms with Crippen LogP contribution in [0.4, 0.5) is 5.13 Å². The number of thiazole rings is 1. The first kappa shape index (κ1) is 8.65. The highest BCUT2D eigenvalue weighted by atomic mass is 32.1. The van der Waals surface area contributed by atoms with Crippen molar-refractivity contribution >= 4 is 22.4 Å². The van der Waals surface area contributed by atoms with E-state index in [1.54, 1.807) is 13.2 Å². The lowest BCUT2D eigenvalue weighted by Crippen LogP contribution is -2.43. The molecule has 1 aromatic rings. The summed E-state index contributed by atoms with van der Waals surface area (Å²) >= 11 is 1.44. The first-order chi connectivity index (χ1) is 6.13. The van der Waals surface area contributed by atoms with Crippen LogP contribution in [0.5, 0.6) is 0 Å².